The van der Waals surface area contributed by atoms with Crippen LogP contribution in [0.2, 0.25) is 0 Å². The van der Waals surface area contributed by atoms with Crippen LogP contribution in [0.4, 0.5) is 5.69 Å². The number of para-hydroxylation sites is 1. The van der Waals surface area contributed by atoms with Gasteiger partial charge in [0.25, 0.3) is 11.8 Å². The number of thiophene rings is 1. The SMILES string of the molecule is CC(C)c1cccc(C(C)C)c1N1C(=O)c2ccc3c4cccc5scc(c6ccc(c2c36)C1=O)c54. The average Bonchev–Trinajstić information content (AvgIpc) is 3.31. The van der Waals surface area contributed by atoms with E-state index in [4.69, 9.17) is 0 Å². The Balaban J connectivity index is 1.57. The van der Waals surface area contributed by atoms with E-state index in [1.807, 2.05) is 30.3 Å². The summed E-state index contributed by atoms with van der Waals surface area (Å²) in [5.74, 6) is -0.122. The summed E-state index contributed by atoms with van der Waals surface area (Å²) in [5.41, 5.74) is 3.99. The standard InChI is InChI=1S/C32H25NO2S/c1-16(2)18-7-5-8-19(17(3)4)30(18)33-31(34)23-13-11-21-20-9-6-10-26-27(20)25(15-36-26)22-12-14-24(32(33)35)29(23)28(21)22/h5-17H,1-4H3. The van der Waals surface area contributed by atoms with Gasteiger partial charge in [0.1, 0.15) is 0 Å². The number of benzene rings is 5. The molecule has 1 aliphatic heterocycles. The minimum absolute atomic E-state index is 0.175. The van der Waals surface area contributed by atoms with Crippen molar-refractivity contribution < 1.29 is 9.59 Å². The molecular formula is C32H25NO2S. The maximum atomic E-state index is 14.2. The highest BCUT2D eigenvalue weighted by Gasteiger charge is 2.37. The molecule has 2 heterocycles. The van der Waals surface area contributed by atoms with E-state index >= 15 is 0 Å². The van der Waals surface area contributed by atoms with E-state index in [9.17, 15) is 9.59 Å². The molecule has 6 aromatic rings. The molecule has 0 radical (unpaired) electrons. The van der Waals surface area contributed by atoms with Gasteiger partial charge in [0, 0.05) is 32.0 Å². The van der Waals surface area contributed by atoms with Crippen molar-refractivity contribution in [2.45, 2.75) is 39.5 Å². The van der Waals surface area contributed by atoms with Gasteiger partial charge in [-0.2, -0.15) is 0 Å². The molecule has 5 aromatic carbocycles. The minimum atomic E-state index is -0.236. The first-order valence-electron chi connectivity index (χ1n) is 12.5. The number of hydrogen-bond acceptors (Lipinski definition) is 3. The highest BCUT2D eigenvalue weighted by Crippen LogP contribution is 2.47. The van der Waals surface area contributed by atoms with Crippen molar-refractivity contribution in [2.75, 3.05) is 4.90 Å². The number of fused-ring (bicyclic) bond motifs is 2. The molecule has 0 saturated heterocycles. The van der Waals surface area contributed by atoms with Gasteiger partial charge in [-0.25, -0.2) is 4.90 Å². The predicted molar refractivity (Wildman–Crippen MR) is 151 cm³/mol. The minimum Gasteiger partial charge on any atom is -0.268 e. The Morgan fingerprint density at radius 3 is 1.78 bits per heavy atom. The first-order chi connectivity index (χ1) is 17.4. The van der Waals surface area contributed by atoms with Crippen LogP contribution in [0.15, 0.2) is 66.0 Å². The van der Waals surface area contributed by atoms with Crippen LogP contribution in [0, 0.1) is 0 Å². The lowest BCUT2D eigenvalue weighted by Gasteiger charge is -2.32. The molecule has 0 aliphatic carbocycles. The Morgan fingerprint density at radius 2 is 1.17 bits per heavy atom. The quantitative estimate of drug-likeness (QED) is 0.142. The molecule has 4 heteroatoms. The topological polar surface area (TPSA) is 37.4 Å². The largest absolute Gasteiger partial charge is 0.268 e. The van der Waals surface area contributed by atoms with Crippen LogP contribution >= 0.6 is 11.3 Å². The summed E-state index contributed by atoms with van der Waals surface area (Å²) in [6.07, 6.45) is 0. The van der Waals surface area contributed by atoms with Gasteiger partial charge in [-0.1, -0.05) is 70.2 Å². The maximum Gasteiger partial charge on any atom is 0.266 e. The lowest BCUT2D eigenvalue weighted by Crippen LogP contribution is -2.41. The molecule has 0 unspecified atom stereocenters. The fourth-order valence-corrected chi connectivity index (χ4v) is 7.10. The summed E-state index contributed by atoms with van der Waals surface area (Å²) >= 11 is 1.74. The molecule has 3 nitrogen and oxygen atoms in total. The van der Waals surface area contributed by atoms with Gasteiger partial charge in [-0.3, -0.25) is 9.59 Å². The average molecular weight is 488 g/mol. The fourth-order valence-electron chi connectivity index (χ4n) is 6.12. The number of nitrogens with zero attached hydrogens (tertiary/aromatic N) is 1. The smallest absolute Gasteiger partial charge is 0.266 e. The van der Waals surface area contributed by atoms with Crippen LogP contribution in [-0.4, -0.2) is 11.8 Å². The van der Waals surface area contributed by atoms with Crippen molar-refractivity contribution in [3.05, 3.63) is 88.3 Å². The van der Waals surface area contributed by atoms with Crippen molar-refractivity contribution in [1.29, 1.82) is 0 Å². The summed E-state index contributed by atoms with van der Waals surface area (Å²) in [6, 6.07) is 20.5. The molecule has 0 N–H and O–H groups in total. The molecule has 1 aliphatic rings. The van der Waals surface area contributed by atoms with Gasteiger partial charge in [0.2, 0.25) is 0 Å². The number of hydrogen-bond donors (Lipinski definition) is 0. The zero-order valence-electron chi connectivity index (χ0n) is 20.7. The zero-order valence-corrected chi connectivity index (χ0v) is 21.5. The van der Waals surface area contributed by atoms with Crippen LogP contribution in [-0.2, 0) is 0 Å². The number of imide groups is 1. The molecule has 0 spiro atoms. The van der Waals surface area contributed by atoms with E-state index in [2.05, 4.69) is 63.4 Å². The van der Waals surface area contributed by atoms with Gasteiger partial charge in [0.15, 0.2) is 0 Å². The third-order valence-electron chi connectivity index (χ3n) is 7.77. The highest BCUT2D eigenvalue weighted by molar-refractivity contribution is 7.18. The third kappa shape index (κ3) is 2.63. The number of carbonyl (C=O) groups excluding carboxylic acids is 2. The summed E-state index contributed by atoms with van der Waals surface area (Å²) in [4.78, 5) is 29.8. The summed E-state index contributed by atoms with van der Waals surface area (Å²) < 4.78 is 1.26. The monoisotopic (exact) mass is 487 g/mol. The second kappa shape index (κ2) is 7.37. The van der Waals surface area contributed by atoms with Crippen molar-refractivity contribution in [3.8, 4) is 0 Å². The Hall–Kier alpha value is -3.76. The van der Waals surface area contributed by atoms with Crippen molar-refractivity contribution >= 4 is 71.2 Å². The second-order valence-corrected chi connectivity index (χ2v) is 11.4. The normalized spacial score (nSPS) is 14.1. The van der Waals surface area contributed by atoms with Crippen molar-refractivity contribution in [2.24, 2.45) is 0 Å². The molecule has 0 fully saturated rings. The van der Waals surface area contributed by atoms with E-state index in [-0.39, 0.29) is 23.7 Å². The van der Waals surface area contributed by atoms with Crippen LogP contribution in [0.3, 0.4) is 0 Å². The lowest BCUT2D eigenvalue weighted by atomic mass is 9.85. The zero-order chi connectivity index (χ0) is 24.9. The second-order valence-electron chi connectivity index (χ2n) is 10.4. The van der Waals surface area contributed by atoms with Gasteiger partial charge in [-0.05, 0) is 68.1 Å². The van der Waals surface area contributed by atoms with Gasteiger partial charge >= 0.3 is 0 Å². The Bertz CT molecular complexity index is 1840. The van der Waals surface area contributed by atoms with Crippen LogP contribution in [0.25, 0.3) is 42.4 Å². The summed E-state index contributed by atoms with van der Waals surface area (Å²) in [6.45, 7) is 8.44. The van der Waals surface area contributed by atoms with Crippen LogP contribution in [0.1, 0.15) is 71.4 Å². The highest BCUT2D eigenvalue weighted by atomic mass is 32.1. The molecule has 36 heavy (non-hydrogen) atoms. The van der Waals surface area contributed by atoms with E-state index in [0.717, 1.165) is 38.4 Å². The molecule has 0 atom stereocenters. The van der Waals surface area contributed by atoms with E-state index in [0.29, 0.717) is 11.1 Å². The Kier molecular flexibility index (Phi) is 4.41. The van der Waals surface area contributed by atoms with Gasteiger partial charge in [0.05, 0.1) is 5.69 Å². The predicted octanol–water partition coefficient (Wildman–Crippen LogP) is 8.85. The molecule has 7 rings (SSSR count). The van der Waals surface area contributed by atoms with Crippen LogP contribution < -0.4 is 4.90 Å². The van der Waals surface area contributed by atoms with Crippen molar-refractivity contribution in [1.82, 2.24) is 0 Å². The van der Waals surface area contributed by atoms with Crippen molar-refractivity contribution in [3.63, 3.8) is 0 Å². The molecule has 176 valence electrons. The molecular weight excluding hydrogens is 462 g/mol. The Morgan fingerprint density at radius 1 is 0.611 bits per heavy atom. The maximum absolute atomic E-state index is 14.2. The van der Waals surface area contributed by atoms with Crippen LogP contribution in [0.5, 0.6) is 0 Å². The first kappa shape index (κ1) is 21.5. The van der Waals surface area contributed by atoms with E-state index in [1.54, 1.807) is 11.3 Å². The molecule has 1 aromatic heterocycles. The fraction of sp³-hybridized carbons (Fsp3) is 0.188. The third-order valence-corrected chi connectivity index (χ3v) is 8.72. The van der Waals surface area contributed by atoms with Gasteiger partial charge in [-0.15, -0.1) is 11.3 Å². The van der Waals surface area contributed by atoms with E-state index in [1.165, 1.54) is 25.8 Å². The number of rotatable bonds is 3. The molecule has 0 saturated carbocycles. The molecule has 0 bridgehead atoms. The first-order valence-corrected chi connectivity index (χ1v) is 13.4. The number of anilines is 1. The van der Waals surface area contributed by atoms with Gasteiger partial charge < -0.3 is 0 Å². The number of amides is 2. The summed E-state index contributed by atoms with van der Waals surface area (Å²) in [7, 11) is 0. The number of carbonyl (C=O) groups is 2. The Labute approximate surface area is 213 Å². The lowest BCUT2D eigenvalue weighted by molar-refractivity contribution is 0.0893. The molecule has 2 amide bonds. The summed E-state index contributed by atoms with van der Waals surface area (Å²) in [5, 5.41) is 9.85. The van der Waals surface area contributed by atoms with E-state index < -0.39 is 0 Å².